The van der Waals surface area contributed by atoms with E-state index in [2.05, 4.69) is 34.9 Å². The fourth-order valence-electron chi connectivity index (χ4n) is 3.47. The molecule has 9 nitrogen and oxygen atoms in total. The molecule has 0 spiro atoms. The summed E-state index contributed by atoms with van der Waals surface area (Å²) >= 11 is 0. The van der Waals surface area contributed by atoms with Crippen molar-refractivity contribution in [1.82, 2.24) is 34.9 Å². The molecule has 0 bridgehead atoms. The molecule has 0 radical (unpaired) electrons. The monoisotopic (exact) mass is 455 g/mol. The smallest absolute Gasteiger partial charge is 0.387 e. The lowest BCUT2D eigenvalue weighted by molar-refractivity contribution is -0.0526. The number of nitrogens with zero attached hydrogens (tertiary/aromatic N) is 7. The highest BCUT2D eigenvalue weighted by Crippen LogP contribution is 2.35. The van der Waals surface area contributed by atoms with Crippen molar-refractivity contribution in [1.29, 1.82) is 0 Å². The van der Waals surface area contributed by atoms with Gasteiger partial charge in [0.2, 0.25) is 0 Å². The minimum Gasteiger partial charge on any atom is -0.435 e. The molecule has 0 atom stereocenters. The summed E-state index contributed by atoms with van der Waals surface area (Å²) in [6, 6.07) is 5.65. The first-order chi connectivity index (χ1) is 15.3. The van der Waals surface area contributed by atoms with E-state index in [1.54, 1.807) is 11.0 Å². The Morgan fingerprint density at radius 3 is 2.50 bits per heavy atom. The number of aromatic nitrogens is 6. The molecule has 0 saturated heterocycles. The van der Waals surface area contributed by atoms with Gasteiger partial charge in [0, 0.05) is 17.8 Å². The summed E-state index contributed by atoms with van der Waals surface area (Å²) in [7, 11) is 4.06. The molecule has 1 saturated carbocycles. The van der Waals surface area contributed by atoms with Crippen molar-refractivity contribution in [3.8, 4) is 22.8 Å². The minimum absolute atomic E-state index is 0.0861. The molecule has 0 aliphatic heterocycles. The largest absolute Gasteiger partial charge is 0.435 e. The first kappa shape index (κ1) is 22.0. The minimum atomic E-state index is -3.09. The molecule has 172 valence electrons. The lowest BCUT2D eigenvalue weighted by Crippen LogP contribution is -2.42. The van der Waals surface area contributed by atoms with E-state index in [4.69, 9.17) is 0 Å². The number of halogens is 4. The van der Waals surface area contributed by atoms with Gasteiger partial charge in [-0.25, -0.2) is 0 Å². The molecule has 1 fully saturated rings. The number of alkyl halides is 4. The van der Waals surface area contributed by atoms with Gasteiger partial charge in [0.05, 0.1) is 11.7 Å². The first-order valence-corrected chi connectivity index (χ1v) is 9.81. The third kappa shape index (κ3) is 4.98. The zero-order chi connectivity index (χ0) is 22.8. The zero-order valence-electron chi connectivity index (χ0n) is 17.3. The third-order valence-corrected chi connectivity index (χ3v) is 5.23. The van der Waals surface area contributed by atoms with Crippen molar-refractivity contribution in [3.05, 3.63) is 36.3 Å². The maximum atomic E-state index is 12.8. The van der Waals surface area contributed by atoms with Gasteiger partial charge in [0.1, 0.15) is 18.0 Å². The van der Waals surface area contributed by atoms with Crippen molar-refractivity contribution >= 4 is 0 Å². The zero-order valence-corrected chi connectivity index (χ0v) is 17.3. The maximum Gasteiger partial charge on any atom is 0.387 e. The molecule has 3 aromatic rings. The summed E-state index contributed by atoms with van der Waals surface area (Å²) in [6.45, 7) is -5.95. The topological polar surface area (TPSA) is 83.1 Å². The Kier molecular flexibility index (Phi) is 6.26. The van der Waals surface area contributed by atoms with Crippen LogP contribution in [0, 0.1) is 0 Å². The van der Waals surface area contributed by atoms with Crippen molar-refractivity contribution in [2.45, 2.75) is 44.7 Å². The Balaban J connectivity index is 1.49. The second-order valence-corrected chi connectivity index (χ2v) is 7.58. The van der Waals surface area contributed by atoms with Crippen molar-refractivity contribution < 1.29 is 27.0 Å². The number of benzene rings is 1. The summed E-state index contributed by atoms with van der Waals surface area (Å²) < 4.78 is 61.0. The predicted molar refractivity (Wildman–Crippen MR) is 104 cm³/mol. The summed E-state index contributed by atoms with van der Waals surface area (Å²) in [5.74, 6) is 0.0236. The highest BCUT2D eigenvalue weighted by atomic mass is 19.3. The molecule has 1 aliphatic rings. The number of rotatable bonds is 9. The number of tetrazole rings is 1. The average molecular weight is 455 g/mol. The molecule has 13 heteroatoms. The summed E-state index contributed by atoms with van der Waals surface area (Å²) in [4.78, 5) is 3.76. The summed E-state index contributed by atoms with van der Waals surface area (Å²) in [6.07, 6.45) is 3.48. The van der Waals surface area contributed by atoms with Gasteiger partial charge in [-0.05, 0) is 56.4 Å². The molecular formula is C19H21F4N7O2. The molecule has 1 aliphatic carbocycles. The van der Waals surface area contributed by atoms with Crippen molar-refractivity contribution in [3.63, 3.8) is 0 Å². The molecule has 1 aromatic carbocycles. The second-order valence-electron chi connectivity index (χ2n) is 7.58. The highest BCUT2D eigenvalue weighted by molar-refractivity contribution is 5.68. The van der Waals surface area contributed by atoms with Crippen molar-refractivity contribution in [2.24, 2.45) is 0 Å². The molecule has 32 heavy (non-hydrogen) atoms. The van der Waals surface area contributed by atoms with Gasteiger partial charge in [0.15, 0.2) is 5.82 Å². The maximum absolute atomic E-state index is 12.8. The van der Waals surface area contributed by atoms with Crippen LogP contribution in [0.25, 0.3) is 11.3 Å². The van der Waals surface area contributed by atoms with Crippen LogP contribution in [-0.2, 0) is 6.54 Å². The molecular weight excluding hydrogens is 434 g/mol. The highest BCUT2D eigenvalue weighted by Gasteiger charge is 2.33. The van der Waals surface area contributed by atoms with E-state index in [0.29, 0.717) is 11.9 Å². The molecule has 0 unspecified atom stereocenters. The van der Waals surface area contributed by atoms with Crippen LogP contribution in [0.3, 0.4) is 0 Å². The van der Waals surface area contributed by atoms with E-state index in [9.17, 15) is 17.6 Å². The number of ether oxygens (including phenoxy) is 2. The van der Waals surface area contributed by atoms with Gasteiger partial charge in [-0.1, -0.05) is 0 Å². The SMILES string of the molecule is CN(C)C1CC(n2nnc(Cn3ccc(-c4cc(OC(F)F)ccc4OC(F)F)n3)n2)C1. The number of hydrogen-bond donors (Lipinski definition) is 0. The fraction of sp³-hybridized carbons (Fsp3) is 0.474. The van der Waals surface area contributed by atoms with Crippen LogP contribution >= 0.6 is 0 Å². The average Bonchev–Trinajstić information content (AvgIpc) is 3.31. The fourth-order valence-corrected chi connectivity index (χ4v) is 3.47. The Morgan fingerprint density at radius 1 is 1.06 bits per heavy atom. The van der Waals surface area contributed by atoms with Gasteiger partial charge in [-0.3, -0.25) is 4.68 Å². The van der Waals surface area contributed by atoms with Crippen LogP contribution in [0.5, 0.6) is 11.5 Å². The van der Waals surface area contributed by atoms with Gasteiger partial charge < -0.3 is 14.4 Å². The van der Waals surface area contributed by atoms with E-state index in [1.165, 1.54) is 16.8 Å². The van der Waals surface area contributed by atoms with E-state index < -0.39 is 13.2 Å². The van der Waals surface area contributed by atoms with E-state index >= 15 is 0 Å². The Hall–Kier alpha value is -3.22. The van der Waals surface area contributed by atoms with Gasteiger partial charge >= 0.3 is 13.2 Å². The van der Waals surface area contributed by atoms with E-state index in [1.807, 2.05) is 14.1 Å². The van der Waals surface area contributed by atoms with Gasteiger partial charge in [0.25, 0.3) is 0 Å². The van der Waals surface area contributed by atoms with E-state index in [0.717, 1.165) is 25.0 Å². The quantitative estimate of drug-likeness (QED) is 0.459. The van der Waals surface area contributed by atoms with Crippen LogP contribution in [0.15, 0.2) is 30.5 Å². The molecule has 0 N–H and O–H groups in total. The molecule has 2 heterocycles. The summed E-state index contributed by atoms with van der Waals surface area (Å²) in [5.41, 5.74) is 0.323. The van der Waals surface area contributed by atoms with Crippen LogP contribution < -0.4 is 9.47 Å². The van der Waals surface area contributed by atoms with Crippen LogP contribution in [0.1, 0.15) is 24.7 Å². The Morgan fingerprint density at radius 2 is 1.81 bits per heavy atom. The normalized spacial score (nSPS) is 18.4. The first-order valence-electron chi connectivity index (χ1n) is 9.81. The van der Waals surface area contributed by atoms with Crippen LogP contribution in [-0.4, -0.2) is 68.2 Å². The van der Waals surface area contributed by atoms with Crippen LogP contribution in [0.4, 0.5) is 17.6 Å². The molecule has 4 rings (SSSR count). The molecule has 2 aromatic heterocycles. The van der Waals surface area contributed by atoms with Gasteiger partial charge in [-0.2, -0.15) is 27.5 Å². The Bertz CT molecular complexity index is 1050. The summed E-state index contributed by atoms with van der Waals surface area (Å²) in [5, 5.41) is 16.9. The second kappa shape index (κ2) is 9.10. The number of hydrogen-bond acceptors (Lipinski definition) is 7. The van der Waals surface area contributed by atoms with Crippen molar-refractivity contribution in [2.75, 3.05) is 14.1 Å². The van der Waals surface area contributed by atoms with E-state index in [-0.39, 0.29) is 35.3 Å². The third-order valence-electron chi connectivity index (χ3n) is 5.23. The lowest BCUT2D eigenvalue weighted by atomic mass is 9.86. The lowest BCUT2D eigenvalue weighted by Gasteiger charge is -2.38. The predicted octanol–water partition coefficient (Wildman–Crippen LogP) is 3.05. The standard InChI is InChI=1S/C19H21F4N7O2/c1-28(2)11-7-12(8-11)30-26-17(24-27-30)10-29-6-5-15(25-29)14-9-13(31-18(20)21)3-4-16(14)32-19(22)23/h3-6,9,11-12,18-19H,7-8,10H2,1-2H3. The van der Waals surface area contributed by atoms with Gasteiger partial charge in [-0.15, -0.1) is 10.2 Å². The van der Waals surface area contributed by atoms with Crippen LogP contribution in [0.2, 0.25) is 0 Å². The Labute approximate surface area is 180 Å². The molecule has 0 amide bonds.